The van der Waals surface area contributed by atoms with Gasteiger partial charge in [-0.25, -0.2) is 0 Å². The summed E-state index contributed by atoms with van der Waals surface area (Å²) in [7, 11) is 0. The van der Waals surface area contributed by atoms with E-state index in [4.69, 9.17) is 5.73 Å². The van der Waals surface area contributed by atoms with Crippen LogP contribution in [-0.4, -0.2) is 17.9 Å². The van der Waals surface area contributed by atoms with Gasteiger partial charge in [-0.1, -0.05) is 37.3 Å². The van der Waals surface area contributed by atoms with E-state index in [0.717, 1.165) is 5.56 Å². The number of amides is 2. The van der Waals surface area contributed by atoms with E-state index in [0.29, 0.717) is 6.42 Å². The fraction of sp³-hybridized carbons (Fsp3) is 0.333. The van der Waals surface area contributed by atoms with Gasteiger partial charge < -0.3 is 11.1 Å². The first-order chi connectivity index (χ1) is 7.63. The van der Waals surface area contributed by atoms with Crippen molar-refractivity contribution < 1.29 is 9.59 Å². The topological polar surface area (TPSA) is 72.2 Å². The molecule has 0 fully saturated rings. The van der Waals surface area contributed by atoms with Gasteiger partial charge in [0.05, 0.1) is 6.42 Å². The molecule has 1 aromatic carbocycles. The van der Waals surface area contributed by atoms with Crippen molar-refractivity contribution in [1.29, 1.82) is 0 Å². The van der Waals surface area contributed by atoms with Gasteiger partial charge in [0.1, 0.15) is 6.04 Å². The SMILES string of the molecule is CCC(NC(=O)Cc1ccccc1)C(N)=O. The van der Waals surface area contributed by atoms with Crippen LogP contribution >= 0.6 is 0 Å². The molecule has 0 aliphatic heterocycles. The van der Waals surface area contributed by atoms with Crippen LogP contribution in [0.4, 0.5) is 0 Å². The summed E-state index contributed by atoms with van der Waals surface area (Å²) in [6.07, 6.45) is 0.778. The second kappa shape index (κ2) is 5.90. The Morgan fingerprint density at radius 3 is 2.44 bits per heavy atom. The Bertz CT molecular complexity index is 363. The number of rotatable bonds is 5. The van der Waals surface area contributed by atoms with Crippen LogP contribution in [0.5, 0.6) is 0 Å². The molecule has 4 nitrogen and oxygen atoms in total. The smallest absolute Gasteiger partial charge is 0.239 e. The zero-order valence-corrected chi connectivity index (χ0v) is 9.27. The molecular formula is C12H16N2O2. The van der Waals surface area contributed by atoms with Gasteiger partial charge in [-0.15, -0.1) is 0 Å². The molecule has 0 spiro atoms. The molecule has 2 amide bonds. The maximum Gasteiger partial charge on any atom is 0.239 e. The standard InChI is InChI=1S/C12H16N2O2/c1-2-10(12(13)16)14-11(15)8-9-6-4-3-5-7-9/h3-7,10H,2,8H2,1H3,(H2,13,16)(H,14,15). The molecular weight excluding hydrogens is 204 g/mol. The van der Waals surface area contributed by atoms with Crippen LogP contribution in [0.15, 0.2) is 30.3 Å². The third-order valence-electron chi connectivity index (χ3n) is 2.29. The van der Waals surface area contributed by atoms with E-state index in [1.165, 1.54) is 0 Å². The number of carbonyl (C=O) groups is 2. The summed E-state index contributed by atoms with van der Waals surface area (Å²) >= 11 is 0. The molecule has 1 aromatic rings. The van der Waals surface area contributed by atoms with Gasteiger partial charge in [-0.3, -0.25) is 9.59 Å². The zero-order chi connectivity index (χ0) is 12.0. The van der Waals surface area contributed by atoms with E-state index in [2.05, 4.69) is 5.32 Å². The van der Waals surface area contributed by atoms with Crippen molar-refractivity contribution in [2.24, 2.45) is 5.73 Å². The summed E-state index contributed by atoms with van der Waals surface area (Å²) in [6, 6.07) is 8.79. The predicted octanol–water partition coefficient (Wildman–Crippen LogP) is 0.609. The lowest BCUT2D eigenvalue weighted by Crippen LogP contribution is -2.44. The van der Waals surface area contributed by atoms with Crippen molar-refractivity contribution in [3.8, 4) is 0 Å². The van der Waals surface area contributed by atoms with Gasteiger partial charge in [0.15, 0.2) is 0 Å². The highest BCUT2D eigenvalue weighted by Crippen LogP contribution is 2.00. The second-order valence-corrected chi connectivity index (χ2v) is 3.59. The second-order valence-electron chi connectivity index (χ2n) is 3.59. The average molecular weight is 220 g/mol. The maximum atomic E-state index is 11.6. The van der Waals surface area contributed by atoms with Gasteiger partial charge in [0.25, 0.3) is 0 Å². The first kappa shape index (κ1) is 12.2. The Kier molecular flexibility index (Phi) is 4.51. The number of nitrogens with two attached hydrogens (primary N) is 1. The number of carbonyl (C=O) groups excluding carboxylic acids is 2. The quantitative estimate of drug-likeness (QED) is 0.763. The predicted molar refractivity (Wildman–Crippen MR) is 61.6 cm³/mol. The van der Waals surface area contributed by atoms with Crippen molar-refractivity contribution in [2.75, 3.05) is 0 Å². The van der Waals surface area contributed by atoms with Gasteiger partial charge in [-0.05, 0) is 12.0 Å². The van der Waals surface area contributed by atoms with Gasteiger partial charge in [0, 0.05) is 0 Å². The molecule has 0 aromatic heterocycles. The minimum atomic E-state index is -0.573. The third kappa shape index (κ3) is 3.73. The zero-order valence-electron chi connectivity index (χ0n) is 9.27. The fourth-order valence-corrected chi connectivity index (χ4v) is 1.40. The molecule has 4 heteroatoms. The first-order valence-corrected chi connectivity index (χ1v) is 5.26. The lowest BCUT2D eigenvalue weighted by atomic mass is 10.1. The van der Waals surface area contributed by atoms with E-state index in [1.54, 1.807) is 6.92 Å². The fourth-order valence-electron chi connectivity index (χ4n) is 1.40. The van der Waals surface area contributed by atoms with Crippen LogP contribution in [0.3, 0.4) is 0 Å². The highest BCUT2D eigenvalue weighted by Gasteiger charge is 2.15. The summed E-state index contributed by atoms with van der Waals surface area (Å²) in [4.78, 5) is 22.5. The molecule has 16 heavy (non-hydrogen) atoms. The number of primary amides is 1. The van der Waals surface area contributed by atoms with Crippen LogP contribution < -0.4 is 11.1 Å². The van der Waals surface area contributed by atoms with Gasteiger partial charge in [0.2, 0.25) is 11.8 Å². The Balaban J connectivity index is 2.50. The third-order valence-corrected chi connectivity index (χ3v) is 2.29. The van der Waals surface area contributed by atoms with E-state index >= 15 is 0 Å². The van der Waals surface area contributed by atoms with Crippen molar-refractivity contribution in [2.45, 2.75) is 25.8 Å². The van der Waals surface area contributed by atoms with Gasteiger partial charge >= 0.3 is 0 Å². The van der Waals surface area contributed by atoms with E-state index in [-0.39, 0.29) is 12.3 Å². The van der Waals surface area contributed by atoms with E-state index in [1.807, 2.05) is 30.3 Å². The number of hydrogen-bond acceptors (Lipinski definition) is 2. The molecule has 1 unspecified atom stereocenters. The molecule has 1 rings (SSSR count). The van der Waals surface area contributed by atoms with Crippen molar-refractivity contribution in [3.05, 3.63) is 35.9 Å². The summed E-state index contributed by atoms with van der Waals surface area (Å²) < 4.78 is 0. The summed E-state index contributed by atoms with van der Waals surface area (Å²) in [5.74, 6) is -0.680. The maximum absolute atomic E-state index is 11.6. The van der Waals surface area contributed by atoms with Crippen molar-refractivity contribution in [1.82, 2.24) is 5.32 Å². The van der Waals surface area contributed by atoms with Crippen molar-refractivity contribution >= 4 is 11.8 Å². The number of hydrogen-bond donors (Lipinski definition) is 2. The normalized spacial score (nSPS) is 11.8. The highest BCUT2D eigenvalue weighted by atomic mass is 16.2. The Morgan fingerprint density at radius 2 is 1.94 bits per heavy atom. The molecule has 0 aliphatic carbocycles. The number of nitrogens with one attached hydrogen (secondary N) is 1. The Morgan fingerprint density at radius 1 is 1.31 bits per heavy atom. The summed E-state index contributed by atoms with van der Waals surface area (Å²) in [6.45, 7) is 1.80. The molecule has 0 saturated heterocycles. The van der Waals surface area contributed by atoms with E-state index in [9.17, 15) is 9.59 Å². The molecule has 0 aliphatic rings. The summed E-state index contributed by atoms with van der Waals surface area (Å²) in [5.41, 5.74) is 6.05. The lowest BCUT2D eigenvalue weighted by molar-refractivity contribution is -0.127. The first-order valence-electron chi connectivity index (χ1n) is 5.26. The molecule has 0 heterocycles. The van der Waals surface area contributed by atoms with Crippen LogP contribution in [-0.2, 0) is 16.0 Å². The molecule has 1 atom stereocenters. The van der Waals surface area contributed by atoms with Crippen LogP contribution in [0.2, 0.25) is 0 Å². The van der Waals surface area contributed by atoms with Crippen LogP contribution in [0, 0.1) is 0 Å². The molecule has 0 bridgehead atoms. The van der Waals surface area contributed by atoms with Gasteiger partial charge in [-0.2, -0.15) is 0 Å². The highest BCUT2D eigenvalue weighted by molar-refractivity contribution is 5.87. The van der Waals surface area contributed by atoms with E-state index < -0.39 is 11.9 Å². The van der Waals surface area contributed by atoms with Crippen LogP contribution in [0.25, 0.3) is 0 Å². The Labute approximate surface area is 94.8 Å². The lowest BCUT2D eigenvalue weighted by Gasteiger charge is -2.12. The Hall–Kier alpha value is -1.84. The number of benzene rings is 1. The minimum absolute atomic E-state index is 0.183. The molecule has 0 radical (unpaired) electrons. The summed E-state index contributed by atoms with van der Waals surface area (Å²) in [5, 5.41) is 2.60. The monoisotopic (exact) mass is 220 g/mol. The molecule has 0 saturated carbocycles. The van der Waals surface area contributed by atoms with Crippen molar-refractivity contribution in [3.63, 3.8) is 0 Å². The minimum Gasteiger partial charge on any atom is -0.368 e. The average Bonchev–Trinajstić information content (AvgIpc) is 2.27. The largest absolute Gasteiger partial charge is 0.368 e. The van der Waals surface area contributed by atoms with Crippen LogP contribution in [0.1, 0.15) is 18.9 Å². The molecule has 3 N–H and O–H groups in total. The molecule has 86 valence electrons.